The van der Waals surface area contributed by atoms with E-state index in [1.54, 1.807) is 0 Å². The first-order valence-electron chi connectivity index (χ1n) is 40.8. The number of anilines is 6. The molecular formula is C109H103BN2O. The Morgan fingerprint density at radius 3 is 1.12 bits per heavy atom. The van der Waals surface area contributed by atoms with Gasteiger partial charge in [0, 0.05) is 50.2 Å². The Morgan fingerprint density at radius 1 is 0.257 bits per heavy atom. The number of furan rings is 1. The van der Waals surface area contributed by atoms with E-state index in [1.165, 1.54) is 117 Å². The summed E-state index contributed by atoms with van der Waals surface area (Å²) < 4.78 is 8.01. The fraction of sp³-hybridized carbons (Fsp3) is 0.229. The van der Waals surface area contributed by atoms with E-state index in [0.717, 1.165) is 78.3 Å². The van der Waals surface area contributed by atoms with Gasteiger partial charge < -0.3 is 14.2 Å². The molecule has 3 heterocycles. The van der Waals surface area contributed by atoms with Crippen LogP contribution in [0.2, 0.25) is 0 Å². The summed E-state index contributed by atoms with van der Waals surface area (Å²) in [5.74, 6) is 0. The molecule has 3 aliphatic rings. The average Bonchev–Trinajstić information content (AvgIpc) is 1.69. The molecule has 4 heteroatoms. The van der Waals surface area contributed by atoms with Crippen molar-refractivity contribution in [3.63, 3.8) is 0 Å². The standard InChI is InChI=1S/C109H103BN2O/c1-103(2,3)76-56-72(57-77(62-76)104(4,5)6)70-52-54-91-94(60-70)111(93-51-35-48-85-84-47-33-46-83(101(84)113-102(85)93)82-45-34-50-90-98(82)86-44-31-32-49-89(86)109(90,74-40-27-21-28-41-74)75-42-29-22-30-43-75)96-66-81(108(16,17)18)67-97-99(96)110(91)92-55-53-71(73-58-78(105(7,8)9)63-79(59-73)106(10,11)12)61-95(92)112(97)100-87(68-36-23-19-24-37-68)64-80(107(13,14)15)65-88(100)69-38-25-20-26-39-69/h19-67H,1-18H3. The summed E-state index contributed by atoms with van der Waals surface area (Å²) in [7, 11) is 0. The van der Waals surface area contributed by atoms with E-state index in [2.05, 4.69) is 432 Å². The lowest BCUT2D eigenvalue weighted by molar-refractivity contribution is 0.568. The lowest BCUT2D eigenvalue weighted by Crippen LogP contribution is -2.61. The normalized spacial score (nSPS) is 13.9. The molecule has 0 bridgehead atoms. The lowest BCUT2D eigenvalue weighted by atomic mass is 9.33. The average molecular weight is 1470 g/mol. The Balaban J connectivity index is 0.961. The monoisotopic (exact) mass is 1470 g/mol. The zero-order valence-corrected chi connectivity index (χ0v) is 69.2. The molecule has 0 saturated heterocycles. The maximum Gasteiger partial charge on any atom is 0.252 e. The molecule has 0 spiro atoms. The van der Waals surface area contributed by atoms with Crippen molar-refractivity contribution in [3.8, 4) is 66.8 Å². The van der Waals surface area contributed by atoms with Crippen LogP contribution in [-0.4, -0.2) is 6.71 Å². The lowest BCUT2D eigenvalue weighted by Gasteiger charge is -2.46. The maximum atomic E-state index is 8.01. The van der Waals surface area contributed by atoms with Crippen molar-refractivity contribution >= 4 is 79.2 Å². The Bertz CT molecular complexity index is 6130. The predicted molar refractivity (Wildman–Crippen MR) is 484 cm³/mol. The van der Waals surface area contributed by atoms with E-state index < -0.39 is 5.41 Å². The van der Waals surface area contributed by atoms with Crippen LogP contribution in [-0.2, 0) is 37.9 Å². The third-order valence-corrected chi connectivity index (χ3v) is 24.8. The number of rotatable bonds is 9. The largest absolute Gasteiger partial charge is 0.453 e. The van der Waals surface area contributed by atoms with E-state index in [-0.39, 0.29) is 39.2 Å². The van der Waals surface area contributed by atoms with Crippen LogP contribution in [0.25, 0.3) is 88.7 Å². The Kier molecular flexibility index (Phi) is 17.0. The van der Waals surface area contributed by atoms with Crippen molar-refractivity contribution in [3.05, 3.63) is 353 Å². The zero-order valence-electron chi connectivity index (χ0n) is 69.2. The number of hydrogen-bond acceptors (Lipinski definition) is 3. The van der Waals surface area contributed by atoms with Gasteiger partial charge in [-0.3, -0.25) is 0 Å². The fourth-order valence-corrected chi connectivity index (χ4v) is 18.5. The summed E-state index contributed by atoms with van der Waals surface area (Å²) in [6, 6.07) is 115. The zero-order chi connectivity index (χ0) is 78.8. The quantitative estimate of drug-likeness (QED) is 0.134. The van der Waals surface area contributed by atoms with Gasteiger partial charge in [0.25, 0.3) is 6.71 Å². The van der Waals surface area contributed by atoms with Crippen LogP contribution in [0, 0.1) is 0 Å². The van der Waals surface area contributed by atoms with Crippen molar-refractivity contribution in [2.24, 2.45) is 0 Å². The minimum Gasteiger partial charge on any atom is -0.453 e. The van der Waals surface area contributed by atoms with Crippen LogP contribution in [0.15, 0.2) is 302 Å². The second-order valence-electron chi connectivity index (χ2n) is 38.5. The first kappa shape index (κ1) is 73.0. The summed E-state index contributed by atoms with van der Waals surface area (Å²) in [4.78, 5) is 5.37. The van der Waals surface area contributed by atoms with Crippen LogP contribution in [0.5, 0.6) is 0 Å². The molecule has 0 fully saturated rings. The van der Waals surface area contributed by atoms with Crippen LogP contribution in [0.4, 0.5) is 34.1 Å². The summed E-state index contributed by atoms with van der Waals surface area (Å²) in [5, 5.41) is 2.13. The molecular weight excluding hydrogens is 1360 g/mol. The van der Waals surface area contributed by atoms with Gasteiger partial charge in [0.1, 0.15) is 5.58 Å². The molecule has 14 aromatic carbocycles. The molecule has 0 unspecified atom stereocenters. The van der Waals surface area contributed by atoms with Crippen molar-refractivity contribution in [1.82, 2.24) is 0 Å². The molecule has 1 aromatic heterocycles. The summed E-state index contributed by atoms with van der Waals surface area (Å²) in [6.45, 7) is 42.3. The minimum absolute atomic E-state index is 0.0961. The predicted octanol–water partition coefficient (Wildman–Crippen LogP) is 28.2. The third-order valence-electron chi connectivity index (χ3n) is 24.8. The van der Waals surface area contributed by atoms with Crippen molar-refractivity contribution in [2.45, 2.75) is 163 Å². The maximum absolute atomic E-state index is 8.01. The highest BCUT2D eigenvalue weighted by Crippen LogP contribution is 2.60. The van der Waals surface area contributed by atoms with Gasteiger partial charge in [-0.15, -0.1) is 0 Å². The van der Waals surface area contributed by atoms with Gasteiger partial charge in [-0.25, -0.2) is 0 Å². The van der Waals surface area contributed by atoms with Gasteiger partial charge in [-0.05, 0) is 197 Å². The summed E-state index contributed by atoms with van der Waals surface area (Å²) >= 11 is 0. The van der Waals surface area contributed by atoms with Crippen LogP contribution in [0.1, 0.15) is 180 Å². The van der Waals surface area contributed by atoms with E-state index in [0.29, 0.717) is 0 Å². The molecule has 3 nitrogen and oxygen atoms in total. The third kappa shape index (κ3) is 12.1. The van der Waals surface area contributed by atoms with Gasteiger partial charge in [0.15, 0.2) is 5.58 Å². The number of fused-ring (bicyclic) bond motifs is 10. The highest BCUT2D eigenvalue weighted by atomic mass is 16.3. The summed E-state index contributed by atoms with van der Waals surface area (Å²) in [6.07, 6.45) is 0. The second-order valence-corrected chi connectivity index (χ2v) is 38.5. The Hall–Kier alpha value is -11.5. The van der Waals surface area contributed by atoms with Crippen molar-refractivity contribution < 1.29 is 4.42 Å². The number of para-hydroxylation sites is 2. The van der Waals surface area contributed by atoms with Gasteiger partial charge in [-0.2, -0.15) is 0 Å². The molecule has 0 radical (unpaired) electrons. The molecule has 0 amide bonds. The van der Waals surface area contributed by atoms with E-state index in [9.17, 15) is 0 Å². The number of hydrogen-bond donors (Lipinski definition) is 0. The molecule has 15 aromatic rings. The first-order chi connectivity index (χ1) is 53.8. The molecule has 18 rings (SSSR count). The first-order valence-corrected chi connectivity index (χ1v) is 40.8. The van der Waals surface area contributed by atoms with Crippen LogP contribution < -0.4 is 26.2 Å². The van der Waals surface area contributed by atoms with Gasteiger partial charge >= 0.3 is 0 Å². The molecule has 113 heavy (non-hydrogen) atoms. The smallest absolute Gasteiger partial charge is 0.252 e. The fourth-order valence-electron chi connectivity index (χ4n) is 18.5. The van der Waals surface area contributed by atoms with Crippen LogP contribution in [0.3, 0.4) is 0 Å². The van der Waals surface area contributed by atoms with Gasteiger partial charge in [0.05, 0.1) is 16.8 Å². The molecule has 0 atom stereocenters. The van der Waals surface area contributed by atoms with Crippen LogP contribution >= 0.6 is 0 Å². The highest BCUT2D eigenvalue weighted by Gasteiger charge is 2.49. The molecule has 558 valence electrons. The molecule has 0 saturated carbocycles. The number of benzene rings is 14. The highest BCUT2D eigenvalue weighted by molar-refractivity contribution is 7.00. The van der Waals surface area contributed by atoms with Gasteiger partial charge in [-0.1, -0.05) is 379 Å². The van der Waals surface area contributed by atoms with E-state index in [1.807, 2.05) is 0 Å². The molecule has 2 aliphatic heterocycles. The topological polar surface area (TPSA) is 19.6 Å². The van der Waals surface area contributed by atoms with E-state index >= 15 is 0 Å². The summed E-state index contributed by atoms with van der Waals surface area (Å²) in [5.41, 5.74) is 37.6. The Morgan fingerprint density at radius 2 is 0.637 bits per heavy atom. The van der Waals surface area contributed by atoms with E-state index in [4.69, 9.17) is 4.42 Å². The Labute approximate surface area is 671 Å². The minimum atomic E-state index is -0.574. The SMILES string of the molecule is CC(C)(C)c1cc(-c2ccc3c(c2)N(c2c(-c4ccccc4)cc(C(C)(C)C)cc2-c2ccccc2)c2cc(C(C)(C)C)cc4c2B3c2ccc(-c3cc(C(C)(C)C)cc(C(C)(C)C)c3)cc2N4c2cccc3c2oc2c(-c4cccc5c4-c4ccccc4C5(c4ccccc4)c4ccccc4)cccc23)cc(C(C)(C)C)c1. The number of nitrogens with zero attached hydrogens (tertiary/aromatic N) is 2. The molecule has 1 aliphatic carbocycles. The van der Waals surface area contributed by atoms with Crippen molar-refractivity contribution in [2.75, 3.05) is 9.80 Å². The van der Waals surface area contributed by atoms with Gasteiger partial charge in [0.2, 0.25) is 0 Å². The molecule has 0 N–H and O–H groups in total. The second kappa shape index (κ2) is 26.3. The van der Waals surface area contributed by atoms with Crippen molar-refractivity contribution in [1.29, 1.82) is 0 Å².